The van der Waals surface area contributed by atoms with E-state index in [1.54, 1.807) is 0 Å². The van der Waals surface area contributed by atoms with Crippen LogP contribution in [0.4, 0.5) is 10.8 Å². The van der Waals surface area contributed by atoms with Crippen LogP contribution in [0.5, 0.6) is 0 Å². The zero-order valence-electron chi connectivity index (χ0n) is 15.3. The van der Waals surface area contributed by atoms with E-state index in [0.717, 1.165) is 33.7 Å². The average molecular weight is 399 g/mol. The minimum absolute atomic E-state index is 0.0439. The standard InChI is InChI=1S/C20H22N4OS2/c1-14-8-10-17(11-9-14)22-18(25)15(2)26-20-24-23-19(27-20)21-13-12-16-6-4-3-5-7-16/h3-11,15H,12-13H2,1-2H3,(H,21,23)(H,22,25)/t15-/m1/s1. The summed E-state index contributed by atoms with van der Waals surface area (Å²) in [6.45, 7) is 4.69. The van der Waals surface area contributed by atoms with Gasteiger partial charge in [0.15, 0.2) is 4.34 Å². The summed E-state index contributed by atoms with van der Waals surface area (Å²) in [7, 11) is 0. The first kappa shape index (κ1) is 19.4. The molecule has 0 aliphatic carbocycles. The average Bonchev–Trinajstić information content (AvgIpc) is 3.11. The number of aryl methyl sites for hydroxylation is 1. The summed E-state index contributed by atoms with van der Waals surface area (Å²) in [4.78, 5) is 12.3. The van der Waals surface area contributed by atoms with Crippen molar-refractivity contribution in [2.75, 3.05) is 17.2 Å². The van der Waals surface area contributed by atoms with Gasteiger partial charge in [-0.25, -0.2) is 0 Å². The Morgan fingerprint density at radius 3 is 2.59 bits per heavy atom. The molecule has 27 heavy (non-hydrogen) atoms. The quantitative estimate of drug-likeness (QED) is 0.542. The smallest absolute Gasteiger partial charge is 0.237 e. The lowest BCUT2D eigenvalue weighted by atomic mass is 10.2. The maximum atomic E-state index is 12.3. The van der Waals surface area contributed by atoms with E-state index >= 15 is 0 Å². The van der Waals surface area contributed by atoms with Gasteiger partial charge in [-0.1, -0.05) is 71.1 Å². The molecule has 2 aromatic carbocycles. The van der Waals surface area contributed by atoms with E-state index in [9.17, 15) is 4.79 Å². The van der Waals surface area contributed by atoms with Crippen molar-refractivity contribution < 1.29 is 4.79 Å². The fourth-order valence-corrected chi connectivity index (χ4v) is 4.29. The molecule has 0 spiro atoms. The lowest BCUT2D eigenvalue weighted by Crippen LogP contribution is -2.22. The number of amides is 1. The van der Waals surface area contributed by atoms with Crippen LogP contribution >= 0.6 is 23.1 Å². The van der Waals surface area contributed by atoms with Crippen LogP contribution in [0.3, 0.4) is 0 Å². The Morgan fingerprint density at radius 1 is 1.11 bits per heavy atom. The molecule has 0 aliphatic rings. The van der Waals surface area contributed by atoms with E-state index < -0.39 is 0 Å². The number of nitrogens with one attached hydrogen (secondary N) is 2. The first-order chi connectivity index (χ1) is 13.1. The van der Waals surface area contributed by atoms with Crippen molar-refractivity contribution in [1.82, 2.24) is 10.2 Å². The van der Waals surface area contributed by atoms with Gasteiger partial charge in [-0.05, 0) is 38.0 Å². The molecular weight excluding hydrogens is 376 g/mol. The summed E-state index contributed by atoms with van der Waals surface area (Å²) in [5.74, 6) is -0.0439. The van der Waals surface area contributed by atoms with Gasteiger partial charge in [0.2, 0.25) is 11.0 Å². The second kappa shape index (κ2) is 9.53. The number of thioether (sulfide) groups is 1. The van der Waals surface area contributed by atoms with Crippen molar-refractivity contribution in [3.05, 3.63) is 65.7 Å². The predicted octanol–water partition coefficient (Wildman–Crippen LogP) is 4.62. The van der Waals surface area contributed by atoms with Crippen LogP contribution in [0.2, 0.25) is 0 Å². The maximum Gasteiger partial charge on any atom is 0.237 e. The Hall–Kier alpha value is -2.38. The second-order valence-electron chi connectivity index (χ2n) is 6.15. The number of anilines is 2. The van der Waals surface area contributed by atoms with Crippen molar-refractivity contribution in [2.45, 2.75) is 29.9 Å². The summed E-state index contributed by atoms with van der Waals surface area (Å²) in [5, 5.41) is 15.1. The first-order valence-electron chi connectivity index (χ1n) is 8.75. The van der Waals surface area contributed by atoms with Gasteiger partial charge in [0.05, 0.1) is 5.25 Å². The van der Waals surface area contributed by atoms with Crippen LogP contribution < -0.4 is 10.6 Å². The van der Waals surface area contributed by atoms with E-state index in [1.165, 1.54) is 28.7 Å². The van der Waals surface area contributed by atoms with Gasteiger partial charge in [0.1, 0.15) is 0 Å². The molecule has 0 aliphatic heterocycles. The fraction of sp³-hybridized carbons (Fsp3) is 0.250. The SMILES string of the molecule is Cc1ccc(NC(=O)[C@@H](C)Sc2nnc(NCCc3ccccc3)s2)cc1. The molecule has 0 fully saturated rings. The van der Waals surface area contributed by atoms with Gasteiger partial charge in [-0.15, -0.1) is 10.2 Å². The first-order valence-corrected chi connectivity index (χ1v) is 10.5. The van der Waals surface area contributed by atoms with Gasteiger partial charge in [-0.2, -0.15) is 0 Å². The topological polar surface area (TPSA) is 66.9 Å². The Balaban J connectivity index is 1.46. The van der Waals surface area contributed by atoms with Gasteiger partial charge in [0.25, 0.3) is 0 Å². The zero-order chi connectivity index (χ0) is 19.1. The predicted molar refractivity (Wildman–Crippen MR) is 114 cm³/mol. The van der Waals surface area contributed by atoms with Gasteiger partial charge < -0.3 is 10.6 Å². The number of nitrogens with zero attached hydrogens (tertiary/aromatic N) is 2. The minimum Gasteiger partial charge on any atom is -0.360 e. The fourth-order valence-electron chi connectivity index (χ4n) is 2.37. The van der Waals surface area contributed by atoms with Crippen LogP contribution in [0.15, 0.2) is 58.9 Å². The normalized spacial score (nSPS) is 11.8. The number of benzene rings is 2. The van der Waals surface area contributed by atoms with Crippen LogP contribution in [0, 0.1) is 6.92 Å². The second-order valence-corrected chi connectivity index (χ2v) is 8.72. The zero-order valence-corrected chi connectivity index (χ0v) is 16.9. The third-order valence-corrected chi connectivity index (χ3v) is 5.97. The highest BCUT2D eigenvalue weighted by molar-refractivity contribution is 8.02. The lowest BCUT2D eigenvalue weighted by Gasteiger charge is -2.10. The summed E-state index contributed by atoms with van der Waals surface area (Å²) < 4.78 is 0.781. The van der Waals surface area contributed by atoms with Crippen molar-refractivity contribution in [3.63, 3.8) is 0 Å². The van der Waals surface area contributed by atoms with Crippen molar-refractivity contribution in [1.29, 1.82) is 0 Å². The molecule has 0 radical (unpaired) electrons. The van der Waals surface area contributed by atoms with Gasteiger partial charge in [0, 0.05) is 12.2 Å². The van der Waals surface area contributed by atoms with Crippen LogP contribution in [-0.2, 0) is 11.2 Å². The molecule has 3 rings (SSSR count). The highest BCUT2D eigenvalue weighted by atomic mass is 32.2. The Labute approximate surface area is 167 Å². The third-order valence-electron chi connectivity index (χ3n) is 3.91. The molecule has 1 heterocycles. The molecule has 1 amide bonds. The van der Waals surface area contributed by atoms with Crippen molar-refractivity contribution >= 4 is 39.8 Å². The Morgan fingerprint density at radius 2 is 1.85 bits per heavy atom. The summed E-state index contributed by atoms with van der Waals surface area (Å²) in [5.41, 5.74) is 3.25. The molecule has 1 aromatic heterocycles. The highest BCUT2D eigenvalue weighted by Crippen LogP contribution is 2.29. The van der Waals surface area contributed by atoms with E-state index in [4.69, 9.17) is 0 Å². The van der Waals surface area contributed by atoms with E-state index in [2.05, 4.69) is 33.0 Å². The van der Waals surface area contributed by atoms with Crippen molar-refractivity contribution in [3.8, 4) is 0 Å². The van der Waals surface area contributed by atoms with E-state index in [1.807, 2.05) is 56.3 Å². The molecule has 0 unspecified atom stereocenters. The van der Waals surface area contributed by atoms with Crippen LogP contribution in [-0.4, -0.2) is 27.9 Å². The van der Waals surface area contributed by atoms with E-state index in [0.29, 0.717) is 0 Å². The molecule has 5 nitrogen and oxygen atoms in total. The number of hydrogen-bond acceptors (Lipinski definition) is 6. The lowest BCUT2D eigenvalue weighted by molar-refractivity contribution is -0.115. The number of hydrogen-bond donors (Lipinski definition) is 2. The molecule has 0 saturated carbocycles. The highest BCUT2D eigenvalue weighted by Gasteiger charge is 2.17. The monoisotopic (exact) mass is 398 g/mol. The number of rotatable bonds is 8. The number of carbonyl (C=O) groups excluding carboxylic acids is 1. The summed E-state index contributed by atoms with van der Waals surface area (Å²) in [6.07, 6.45) is 0.929. The Kier molecular flexibility index (Phi) is 6.84. The molecular formula is C20H22N4OS2. The number of aromatic nitrogens is 2. The molecule has 2 N–H and O–H groups in total. The summed E-state index contributed by atoms with van der Waals surface area (Å²) >= 11 is 2.89. The van der Waals surface area contributed by atoms with E-state index in [-0.39, 0.29) is 11.2 Å². The summed E-state index contributed by atoms with van der Waals surface area (Å²) in [6, 6.07) is 18.1. The van der Waals surface area contributed by atoms with Crippen LogP contribution in [0.25, 0.3) is 0 Å². The molecule has 0 saturated heterocycles. The van der Waals surface area contributed by atoms with Crippen molar-refractivity contribution in [2.24, 2.45) is 0 Å². The van der Waals surface area contributed by atoms with Crippen LogP contribution in [0.1, 0.15) is 18.1 Å². The Bertz CT molecular complexity index is 865. The molecule has 3 aromatic rings. The molecule has 1 atom stereocenters. The maximum absolute atomic E-state index is 12.3. The van der Waals surface area contributed by atoms with Gasteiger partial charge in [-0.3, -0.25) is 4.79 Å². The molecule has 0 bridgehead atoms. The largest absolute Gasteiger partial charge is 0.360 e. The molecule has 140 valence electrons. The third kappa shape index (κ3) is 6.08. The van der Waals surface area contributed by atoms with Gasteiger partial charge >= 0.3 is 0 Å². The number of carbonyl (C=O) groups is 1. The minimum atomic E-state index is -0.253. The molecule has 7 heteroatoms.